The molecule has 0 radical (unpaired) electrons. The van der Waals surface area contributed by atoms with Gasteiger partial charge in [0.15, 0.2) is 0 Å². The topological polar surface area (TPSA) is 86.5 Å². The lowest BCUT2D eigenvalue weighted by Gasteiger charge is -2.31. The summed E-state index contributed by atoms with van der Waals surface area (Å²) < 4.78 is 27.5. The van der Waals surface area contributed by atoms with E-state index in [-0.39, 0.29) is 18.3 Å². The molecule has 0 aliphatic heterocycles. The Kier molecular flexibility index (Phi) is 6.26. The maximum absolute atomic E-state index is 11.8. The summed E-state index contributed by atoms with van der Waals surface area (Å²) in [5.74, 6) is -0.126. The Bertz CT molecular complexity index is 393. The average molecular weight is 291 g/mol. The molecule has 0 aromatic carbocycles. The lowest BCUT2D eigenvalue weighted by molar-refractivity contribution is -0.155. The highest BCUT2D eigenvalue weighted by Crippen LogP contribution is 2.29. The van der Waals surface area contributed by atoms with Crippen molar-refractivity contribution in [2.75, 3.05) is 12.0 Å². The first kappa shape index (κ1) is 16.4. The van der Waals surface area contributed by atoms with E-state index in [4.69, 9.17) is 10.5 Å². The molecule has 0 aromatic rings. The number of carbonyl (C=O) groups is 1. The summed E-state index contributed by atoms with van der Waals surface area (Å²) in [7, 11) is -3.09. The minimum absolute atomic E-state index is 0.0458. The van der Waals surface area contributed by atoms with E-state index in [1.165, 1.54) is 6.42 Å². The van der Waals surface area contributed by atoms with Gasteiger partial charge in [0.25, 0.3) is 0 Å². The van der Waals surface area contributed by atoms with Crippen molar-refractivity contribution in [1.29, 1.82) is 0 Å². The minimum Gasteiger partial charge on any atom is -0.461 e. The molecule has 2 N–H and O–H groups in total. The largest absolute Gasteiger partial charge is 0.461 e. The fraction of sp³-hybridized carbons (Fsp3) is 0.923. The molecule has 1 aliphatic carbocycles. The summed E-state index contributed by atoms with van der Waals surface area (Å²) in [6.45, 7) is 2.10. The number of hydrogen-bond donors (Lipinski definition) is 1. The van der Waals surface area contributed by atoms with Gasteiger partial charge in [0.1, 0.15) is 22.0 Å². The van der Waals surface area contributed by atoms with Crippen LogP contribution in [0.25, 0.3) is 0 Å². The highest BCUT2D eigenvalue weighted by atomic mass is 32.2. The van der Waals surface area contributed by atoms with Gasteiger partial charge in [-0.15, -0.1) is 0 Å². The van der Waals surface area contributed by atoms with Crippen LogP contribution in [0.5, 0.6) is 0 Å². The molecule has 0 aromatic heterocycles. The standard InChI is InChI=1S/C13H25NO4S/c1-3-10-6-4-5-7-12(10)18-13(15)11(14)8-9-19(2,16)17/h10-12H,3-9,14H2,1-2H3. The summed E-state index contributed by atoms with van der Waals surface area (Å²) in [5.41, 5.74) is 5.69. The second kappa shape index (κ2) is 7.24. The SMILES string of the molecule is CCC1CCCCC1OC(=O)C(N)CCS(C)(=O)=O. The van der Waals surface area contributed by atoms with E-state index in [9.17, 15) is 13.2 Å². The van der Waals surface area contributed by atoms with Gasteiger partial charge in [-0.2, -0.15) is 0 Å². The van der Waals surface area contributed by atoms with Gasteiger partial charge in [-0.25, -0.2) is 8.42 Å². The predicted octanol–water partition coefficient (Wildman–Crippen LogP) is 1.26. The van der Waals surface area contributed by atoms with Crippen molar-refractivity contribution < 1.29 is 17.9 Å². The molecule has 3 atom stereocenters. The van der Waals surface area contributed by atoms with E-state index in [0.29, 0.717) is 5.92 Å². The van der Waals surface area contributed by atoms with Crippen LogP contribution in [0.15, 0.2) is 0 Å². The van der Waals surface area contributed by atoms with Crippen molar-refractivity contribution in [1.82, 2.24) is 0 Å². The van der Waals surface area contributed by atoms with Gasteiger partial charge in [-0.3, -0.25) is 4.79 Å². The van der Waals surface area contributed by atoms with E-state index in [1.807, 2.05) is 0 Å². The molecule has 112 valence electrons. The van der Waals surface area contributed by atoms with Gasteiger partial charge in [0, 0.05) is 6.26 Å². The molecule has 6 heteroatoms. The Morgan fingerprint density at radius 2 is 2.00 bits per heavy atom. The molecule has 0 spiro atoms. The third kappa shape index (κ3) is 5.91. The van der Waals surface area contributed by atoms with Gasteiger partial charge >= 0.3 is 5.97 Å². The summed E-state index contributed by atoms with van der Waals surface area (Å²) in [6, 6.07) is -0.839. The van der Waals surface area contributed by atoms with Gasteiger partial charge < -0.3 is 10.5 Å². The van der Waals surface area contributed by atoms with Crippen LogP contribution in [0.1, 0.15) is 45.4 Å². The molecule has 3 unspecified atom stereocenters. The molecule has 0 amide bonds. The molecule has 1 saturated carbocycles. The normalized spacial score (nSPS) is 25.8. The maximum atomic E-state index is 11.8. The summed E-state index contributed by atoms with van der Waals surface area (Å²) in [4.78, 5) is 11.8. The number of ether oxygens (including phenoxy) is 1. The molecule has 0 heterocycles. The Balaban J connectivity index is 2.44. The molecule has 1 aliphatic rings. The van der Waals surface area contributed by atoms with E-state index in [2.05, 4.69) is 6.92 Å². The molecule has 1 fully saturated rings. The second-order valence-electron chi connectivity index (χ2n) is 5.45. The van der Waals surface area contributed by atoms with Crippen LogP contribution in [0, 0.1) is 5.92 Å². The van der Waals surface area contributed by atoms with Crippen molar-refractivity contribution in [2.45, 2.75) is 57.6 Å². The van der Waals surface area contributed by atoms with Crippen LogP contribution >= 0.6 is 0 Å². The number of sulfone groups is 1. The van der Waals surface area contributed by atoms with Crippen LogP contribution in [-0.4, -0.2) is 38.5 Å². The lowest BCUT2D eigenvalue weighted by Crippen LogP contribution is -2.39. The Hall–Kier alpha value is -0.620. The zero-order chi connectivity index (χ0) is 14.5. The zero-order valence-electron chi connectivity index (χ0n) is 11.8. The fourth-order valence-electron chi connectivity index (χ4n) is 2.49. The number of rotatable bonds is 6. The van der Waals surface area contributed by atoms with Crippen molar-refractivity contribution >= 4 is 15.8 Å². The molecule has 0 saturated heterocycles. The van der Waals surface area contributed by atoms with Gasteiger partial charge in [0.05, 0.1) is 5.75 Å². The molecular formula is C13H25NO4S. The van der Waals surface area contributed by atoms with Crippen LogP contribution in [0.4, 0.5) is 0 Å². The molecule has 1 rings (SSSR count). The average Bonchev–Trinajstić information content (AvgIpc) is 2.35. The van der Waals surface area contributed by atoms with Gasteiger partial charge in [0.2, 0.25) is 0 Å². The van der Waals surface area contributed by atoms with Crippen molar-refractivity contribution in [3.8, 4) is 0 Å². The van der Waals surface area contributed by atoms with Crippen LogP contribution in [0.2, 0.25) is 0 Å². The number of hydrogen-bond acceptors (Lipinski definition) is 5. The third-order valence-electron chi connectivity index (χ3n) is 3.73. The first-order valence-electron chi connectivity index (χ1n) is 6.97. The monoisotopic (exact) mass is 291 g/mol. The van der Waals surface area contributed by atoms with Crippen LogP contribution in [-0.2, 0) is 19.4 Å². The lowest BCUT2D eigenvalue weighted by atomic mass is 9.85. The van der Waals surface area contributed by atoms with Crippen LogP contribution < -0.4 is 5.73 Å². The van der Waals surface area contributed by atoms with Crippen molar-refractivity contribution in [3.05, 3.63) is 0 Å². The highest BCUT2D eigenvalue weighted by molar-refractivity contribution is 7.90. The first-order chi connectivity index (χ1) is 8.83. The van der Waals surface area contributed by atoms with Crippen molar-refractivity contribution in [3.63, 3.8) is 0 Å². The number of carbonyl (C=O) groups excluding carboxylic acids is 1. The molecule has 19 heavy (non-hydrogen) atoms. The Morgan fingerprint density at radius 3 is 2.58 bits per heavy atom. The summed E-state index contributed by atoms with van der Waals surface area (Å²) >= 11 is 0. The maximum Gasteiger partial charge on any atom is 0.323 e. The van der Waals surface area contributed by atoms with Gasteiger partial charge in [-0.05, 0) is 38.0 Å². The summed E-state index contributed by atoms with van der Waals surface area (Å²) in [5, 5.41) is 0. The van der Waals surface area contributed by atoms with Crippen LogP contribution in [0.3, 0.4) is 0 Å². The third-order valence-corrected chi connectivity index (χ3v) is 4.71. The van der Waals surface area contributed by atoms with E-state index >= 15 is 0 Å². The highest BCUT2D eigenvalue weighted by Gasteiger charge is 2.28. The number of nitrogens with two attached hydrogens (primary N) is 1. The van der Waals surface area contributed by atoms with Crippen molar-refractivity contribution in [2.24, 2.45) is 11.7 Å². The van der Waals surface area contributed by atoms with E-state index < -0.39 is 21.8 Å². The Labute approximate surface area is 115 Å². The molecule has 0 bridgehead atoms. The second-order valence-corrected chi connectivity index (χ2v) is 7.71. The van der Waals surface area contributed by atoms with Gasteiger partial charge in [-0.1, -0.05) is 13.3 Å². The summed E-state index contributed by atoms with van der Waals surface area (Å²) in [6.07, 6.45) is 6.46. The molecular weight excluding hydrogens is 266 g/mol. The zero-order valence-corrected chi connectivity index (χ0v) is 12.6. The van der Waals surface area contributed by atoms with E-state index in [0.717, 1.165) is 31.9 Å². The minimum atomic E-state index is -3.09. The molecule has 5 nitrogen and oxygen atoms in total. The smallest absolute Gasteiger partial charge is 0.323 e. The quantitative estimate of drug-likeness (QED) is 0.744. The predicted molar refractivity (Wildman–Crippen MR) is 74.4 cm³/mol. The fourth-order valence-corrected chi connectivity index (χ4v) is 3.17. The first-order valence-corrected chi connectivity index (χ1v) is 9.03. The Morgan fingerprint density at radius 1 is 1.37 bits per heavy atom. The van der Waals surface area contributed by atoms with E-state index in [1.54, 1.807) is 0 Å². The number of esters is 1.